The van der Waals surface area contributed by atoms with E-state index in [9.17, 15) is 4.79 Å². The third-order valence-corrected chi connectivity index (χ3v) is 4.87. The lowest BCUT2D eigenvalue weighted by molar-refractivity contribution is 0.0711. The molecule has 4 rings (SSSR count). The van der Waals surface area contributed by atoms with E-state index in [1.165, 1.54) is 6.20 Å². The standard InChI is InChI=1S/C19H21N7O/c1-12-21-11-15(16(20)22-12)19(27)26-9-7-14(8-10-26)18-23-17(24-25-18)13-5-3-2-4-6-13/h2-6,11,14H,7-10H2,1H3,(H2,20,21,22)(H,23,24,25). The van der Waals surface area contributed by atoms with Gasteiger partial charge in [-0.2, -0.15) is 5.10 Å². The number of hydrogen-bond donors (Lipinski definition) is 2. The maximum atomic E-state index is 12.7. The predicted octanol–water partition coefficient (Wildman–Crippen LogP) is 2.17. The lowest BCUT2D eigenvalue weighted by Crippen LogP contribution is -2.38. The van der Waals surface area contributed by atoms with Crippen molar-refractivity contribution in [3.63, 3.8) is 0 Å². The van der Waals surface area contributed by atoms with Crippen molar-refractivity contribution in [3.05, 3.63) is 53.7 Å². The summed E-state index contributed by atoms with van der Waals surface area (Å²) in [6.07, 6.45) is 3.15. The number of benzene rings is 1. The minimum Gasteiger partial charge on any atom is -0.383 e. The van der Waals surface area contributed by atoms with Gasteiger partial charge in [0, 0.05) is 30.8 Å². The Balaban J connectivity index is 1.42. The molecule has 0 atom stereocenters. The molecule has 1 aromatic carbocycles. The summed E-state index contributed by atoms with van der Waals surface area (Å²) in [5, 5.41) is 7.39. The third-order valence-electron chi connectivity index (χ3n) is 4.87. The van der Waals surface area contributed by atoms with Gasteiger partial charge in [0.15, 0.2) is 5.82 Å². The normalized spacial score (nSPS) is 15.1. The van der Waals surface area contributed by atoms with Crippen LogP contribution in [-0.2, 0) is 0 Å². The highest BCUT2D eigenvalue weighted by atomic mass is 16.2. The van der Waals surface area contributed by atoms with Crippen LogP contribution in [0.2, 0.25) is 0 Å². The number of rotatable bonds is 3. The fraction of sp³-hybridized carbons (Fsp3) is 0.316. The number of nitrogens with zero attached hydrogens (tertiary/aromatic N) is 5. The van der Waals surface area contributed by atoms with Crippen LogP contribution >= 0.6 is 0 Å². The number of aryl methyl sites for hydroxylation is 1. The van der Waals surface area contributed by atoms with Gasteiger partial charge in [-0.25, -0.2) is 15.0 Å². The highest BCUT2D eigenvalue weighted by Crippen LogP contribution is 2.28. The maximum absolute atomic E-state index is 12.7. The van der Waals surface area contributed by atoms with Crippen LogP contribution in [-0.4, -0.2) is 49.0 Å². The second-order valence-electron chi connectivity index (χ2n) is 6.69. The van der Waals surface area contributed by atoms with E-state index >= 15 is 0 Å². The summed E-state index contributed by atoms with van der Waals surface area (Å²) < 4.78 is 0. The molecule has 1 aliphatic heterocycles. The van der Waals surface area contributed by atoms with Crippen LogP contribution in [0.15, 0.2) is 36.5 Å². The first-order chi connectivity index (χ1) is 13.1. The number of H-pyrrole nitrogens is 1. The summed E-state index contributed by atoms with van der Waals surface area (Å²) in [6, 6.07) is 9.88. The first kappa shape index (κ1) is 17.1. The lowest BCUT2D eigenvalue weighted by atomic mass is 9.95. The van der Waals surface area contributed by atoms with Gasteiger partial charge in [-0.3, -0.25) is 9.89 Å². The zero-order chi connectivity index (χ0) is 18.8. The van der Waals surface area contributed by atoms with Crippen molar-refractivity contribution in [2.75, 3.05) is 18.8 Å². The van der Waals surface area contributed by atoms with Gasteiger partial charge in [-0.1, -0.05) is 30.3 Å². The van der Waals surface area contributed by atoms with Gasteiger partial charge in [0.1, 0.15) is 23.0 Å². The van der Waals surface area contributed by atoms with Gasteiger partial charge in [-0.05, 0) is 19.8 Å². The Hall–Kier alpha value is -3.29. The summed E-state index contributed by atoms with van der Waals surface area (Å²) in [7, 11) is 0. The zero-order valence-corrected chi connectivity index (χ0v) is 15.1. The molecule has 1 saturated heterocycles. The third kappa shape index (κ3) is 3.51. The molecule has 0 radical (unpaired) electrons. The average Bonchev–Trinajstić information content (AvgIpc) is 3.19. The fourth-order valence-corrected chi connectivity index (χ4v) is 3.35. The Morgan fingerprint density at radius 1 is 1.19 bits per heavy atom. The van der Waals surface area contributed by atoms with Crippen LogP contribution in [0.25, 0.3) is 11.4 Å². The van der Waals surface area contributed by atoms with E-state index in [-0.39, 0.29) is 17.6 Å². The SMILES string of the molecule is Cc1ncc(C(=O)N2CCC(c3nc(-c4ccccc4)n[nH]3)CC2)c(N)n1. The van der Waals surface area contributed by atoms with Crippen molar-refractivity contribution < 1.29 is 4.79 Å². The van der Waals surface area contributed by atoms with E-state index in [2.05, 4.69) is 25.1 Å². The van der Waals surface area contributed by atoms with Crippen LogP contribution < -0.4 is 5.73 Å². The molecule has 0 unspecified atom stereocenters. The largest absolute Gasteiger partial charge is 0.383 e. The number of hydrogen-bond acceptors (Lipinski definition) is 6. The molecule has 0 spiro atoms. The molecule has 138 valence electrons. The molecule has 2 aromatic heterocycles. The van der Waals surface area contributed by atoms with E-state index in [4.69, 9.17) is 5.73 Å². The van der Waals surface area contributed by atoms with E-state index in [0.717, 1.165) is 24.2 Å². The molecule has 3 heterocycles. The van der Waals surface area contributed by atoms with E-state index in [0.29, 0.717) is 30.3 Å². The van der Waals surface area contributed by atoms with Crippen molar-refractivity contribution in [1.82, 2.24) is 30.0 Å². The van der Waals surface area contributed by atoms with Gasteiger partial charge in [0.25, 0.3) is 5.91 Å². The minimum atomic E-state index is -0.117. The van der Waals surface area contributed by atoms with Gasteiger partial charge in [0.05, 0.1) is 0 Å². The Bertz CT molecular complexity index is 946. The molecule has 3 aromatic rings. The molecule has 0 bridgehead atoms. The average molecular weight is 363 g/mol. The molecule has 3 N–H and O–H groups in total. The summed E-state index contributed by atoms with van der Waals surface area (Å²) in [6.45, 7) is 3.02. The predicted molar refractivity (Wildman–Crippen MR) is 101 cm³/mol. The summed E-state index contributed by atoms with van der Waals surface area (Å²) in [4.78, 5) is 27.3. The molecule has 0 saturated carbocycles. The summed E-state index contributed by atoms with van der Waals surface area (Å²) in [5.74, 6) is 2.51. The van der Waals surface area contributed by atoms with Crippen LogP contribution in [0.3, 0.4) is 0 Å². The highest BCUT2D eigenvalue weighted by molar-refractivity contribution is 5.98. The zero-order valence-electron chi connectivity index (χ0n) is 15.1. The molecule has 8 nitrogen and oxygen atoms in total. The molecular formula is C19H21N7O. The number of piperidine rings is 1. The smallest absolute Gasteiger partial charge is 0.259 e. The van der Waals surface area contributed by atoms with Crippen LogP contribution in [0.1, 0.15) is 40.8 Å². The Morgan fingerprint density at radius 3 is 2.63 bits per heavy atom. The van der Waals surface area contributed by atoms with Crippen LogP contribution in [0, 0.1) is 6.92 Å². The first-order valence-electron chi connectivity index (χ1n) is 8.98. The lowest BCUT2D eigenvalue weighted by Gasteiger charge is -2.31. The van der Waals surface area contributed by atoms with Crippen molar-refractivity contribution in [3.8, 4) is 11.4 Å². The van der Waals surface area contributed by atoms with Gasteiger partial charge >= 0.3 is 0 Å². The Kier molecular flexibility index (Phi) is 4.53. The quantitative estimate of drug-likeness (QED) is 0.737. The van der Waals surface area contributed by atoms with Crippen molar-refractivity contribution in [2.24, 2.45) is 0 Å². The van der Waals surface area contributed by atoms with E-state index in [1.807, 2.05) is 30.3 Å². The number of aromatic nitrogens is 5. The second kappa shape index (κ2) is 7.14. The van der Waals surface area contributed by atoms with Crippen molar-refractivity contribution in [1.29, 1.82) is 0 Å². The summed E-state index contributed by atoms with van der Waals surface area (Å²) >= 11 is 0. The minimum absolute atomic E-state index is 0.117. The number of amides is 1. The Labute approximate surface area is 156 Å². The summed E-state index contributed by atoms with van der Waals surface area (Å²) in [5.41, 5.74) is 7.24. The van der Waals surface area contributed by atoms with Crippen molar-refractivity contribution >= 4 is 11.7 Å². The van der Waals surface area contributed by atoms with E-state index < -0.39 is 0 Å². The molecule has 1 aliphatic rings. The molecule has 1 amide bonds. The van der Waals surface area contributed by atoms with Gasteiger partial charge in [0.2, 0.25) is 0 Å². The maximum Gasteiger partial charge on any atom is 0.259 e. The number of nitrogen functional groups attached to an aromatic ring is 1. The van der Waals surface area contributed by atoms with Gasteiger partial charge in [-0.15, -0.1) is 0 Å². The number of anilines is 1. The van der Waals surface area contributed by atoms with Crippen LogP contribution in [0.4, 0.5) is 5.82 Å². The first-order valence-corrected chi connectivity index (χ1v) is 8.98. The molecule has 1 fully saturated rings. The molecule has 0 aliphatic carbocycles. The van der Waals surface area contributed by atoms with E-state index in [1.54, 1.807) is 11.8 Å². The fourth-order valence-electron chi connectivity index (χ4n) is 3.35. The van der Waals surface area contributed by atoms with Crippen molar-refractivity contribution in [2.45, 2.75) is 25.7 Å². The Morgan fingerprint density at radius 2 is 1.93 bits per heavy atom. The monoisotopic (exact) mass is 363 g/mol. The van der Waals surface area contributed by atoms with Gasteiger partial charge < -0.3 is 10.6 Å². The molecule has 27 heavy (non-hydrogen) atoms. The second-order valence-corrected chi connectivity index (χ2v) is 6.69. The topological polar surface area (TPSA) is 114 Å². The van der Waals surface area contributed by atoms with Crippen LogP contribution in [0.5, 0.6) is 0 Å². The molecule has 8 heteroatoms. The number of aromatic amines is 1. The molecular weight excluding hydrogens is 342 g/mol. The number of carbonyl (C=O) groups is 1. The number of nitrogens with two attached hydrogens (primary N) is 1. The number of likely N-dealkylation sites (tertiary alicyclic amines) is 1. The highest BCUT2D eigenvalue weighted by Gasteiger charge is 2.28. The number of nitrogens with one attached hydrogen (secondary N) is 1. The number of carbonyl (C=O) groups excluding carboxylic acids is 1.